The zero-order valence-corrected chi connectivity index (χ0v) is 14.2. The molecular weight excluding hydrogens is 282 g/mol. The lowest BCUT2D eigenvalue weighted by Crippen LogP contribution is -2.43. The highest BCUT2D eigenvalue weighted by Gasteiger charge is 2.36. The number of aromatic nitrogens is 4. The Labute approximate surface area is 131 Å². The van der Waals surface area contributed by atoms with Crippen molar-refractivity contribution in [1.29, 1.82) is 0 Å². The molecule has 1 aromatic heterocycles. The second kappa shape index (κ2) is 6.24. The third-order valence-corrected chi connectivity index (χ3v) is 6.37. The van der Waals surface area contributed by atoms with E-state index in [4.69, 9.17) is 0 Å². The molecule has 2 saturated carbocycles. The van der Waals surface area contributed by atoms with Crippen LogP contribution in [0.25, 0.3) is 0 Å². The number of nitrogens with zero attached hydrogens (tertiary/aromatic N) is 4. The minimum absolute atomic E-state index is 0.427. The Morgan fingerprint density at radius 1 is 1.24 bits per heavy atom. The summed E-state index contributed by atoms with van der Waals surface area (Å²) in [5, 5.41) is 17.6. The maximum Gasteiger partial charge on any atom is 0.209 e. The molecule has 2 fully saturated rings. The summed E-state index contributed by atoms with van der Waals surface area (Å²) in [6, 6.07) is 1.09. The van der Waals surface area contributed by atoms with Crippen LogP contribution in [0, 0.1) is 5.41 Å². The SMILES string of the molecule is CNC1CCC(C)(C)CC1Sc1nnnn1C1CCCC1. The van der Waals surface area contributed by atoms with Crippen molar-refractivity contribution in [2.75, 3.05) is 7.05 Å². The van der Waals surface area contributed by atoms with Gasteiger partial charge in [-0.05, 0) is 55.0 Å². The minimum Gasteiger partial charge on any atom is -0.316 e. The molecule has 6 heteroatoms. The summed E-state index contributed by atoms with van der Waals surface area (Å²) in [5.41, 5.74) is 0.427. The number of hydrogen-bond donors (Lipinski definition) is 1. The standard InChI is InChI=1S/C15H27N5S/c1-15(2)9-8-12(16-3)13(10-15)21-14-17-18-19-20(14)11-6-4-5-7-11/h11-13,16H,4-10H2,1-3H3. The van der Waals surface area contributed by atoms with Gasteiger partial charge in [0.25, 0.3) is 0 Å². The molecule has 118 valence electrons. The Kier molecular flexibility index (Phi) is 4.54. The monoisotopic (exact) mass is 309 g/mol. The Morgan fingerprint density at radius 2 is 2.00 bits per heavy atom. The third kappa shape index (κ3) is 3.42. The van der Waals surface area contributed by atoms with E-state index in [0.29, 0.717) is 22.7 Å². The molecule has 2 aliphatic carbocycles. The van der Waals surface area contributed by atoms with Gasteiger partial charge in [0.2, 0.25) is 5.16 Å². The van der Waals surface area contributed by atoms with Crippen LogP contribution in [0.4, 0.5) is 0 Å². The molecule has 0 aromatic carbocycles. The van der Waals surface area contributed by atoms with Crippen LogP contribution in [0.3, 0.4) is 0 Å². The maximum atomic E-state index is 4.31. The lowest BCUT2D eigenvalue weighted by atomic mass is 9.75. The van der Waals surface area contributed by atoms with E-state index in [9.17, 15) is 0 Å². The number of hydrogen-bond acceptors (Lipinski definition) is 5. The van der Waals surface area contributed by atoms with Gasteiger partial charge < -0.3 is 5.32 Å². The first-order valence-electron chi connectivity index (χ1n) is 8.21. The van der Waals surface area contributed by atoms with Crippen molar-refractivity contribution < 1.29 is 0 Å². The summed E-state index contributed by atoms with van der Waals surface area (Å²) in [6.07, 6.45) is 8.83. The van der Waals surface area contributed by atoms with Gasteiger partial charge in [-0.25, -0.2) is 4.68 Å². The van der Waals surface area contributed by atoms with E-state index in [-0.39, 0.29) is 0 Å². The topological polar surface area (TPSA) is 55.6 Å². The molecule has 2 unspecified atom stereocenters. The summed E-state index contributed by atoms with van der Waals surface area (Å²) < 4.78 is 2.09. The first-order valence-corrected chi connectivity index (χ1v) is 9.09. The highest BCUT2D eigenvalue weighted by Crippen LogP contribution is 2.43. The molecule has 5 nitrogen and oxygen atoms in total. The lowest BCUT2D eigenvalue weighted by Gasteiger charge is -2.40. The van der Waals surface area contributed by atoms with Crippen molar-refractivity contribution in [3.05, 3.63) is 0 Å². The van der Waals surface area contributed by atoms with Crippen molar-refractivity contribution in [1.82, 2.24) is 25.5 Å². The van der Waals surface area contributed by atoms with Crippen LogP contribution < -0.4 is 5.32 Å². The Balaban J connectivity index is 1.74. The average Bonchev–Trinajstić information content (AvgIpc) is 3.08. The molecule has 2 atom stereocenters. The van der Waals surface area contributed by atoms with Crippen LogP contribution in [0.5, 0.6) is 0 Å². The first-order chi connectivity index (χ1) is 10.1. The van der Waals surface area contributed by atoms with E-state index < -0.39 is 0 Å². The smallest absolute Gasteiger partial charge is 0.209 e. The molecule has 0 bridgehead atoms. The highest BCUT2D eigenvalue weighted by molar-refractivity contribution is 7.99. The summed E-state index contributed by atoms with van der Waals surface area (Å²) >= 11 is 1.88. The van der Waals surface area contributed by atoms with Crippen LogP contribution in [0.15, 0.2) is 5.16 Å². The van der Waals surface area contributed by atoms with Crippen molar-refractivity contribution in [2.45, 2.75) is 81.3 Å². The van der Waals surface area contributed by atoms with Gasteiger partial charge in [0.1, 0.15) is 0 Å². The van der Waals surface area contributed by atoms with Gasteiger partial charge >= 0.3 is 0 Å². The van der Waals surface area contributed by atoms with E-state index in [0.717, 1.165) is 5.16 Å². The van der Waals surface area contributed by atoms with Crippen molar-refractivity contribution in [3.8, 4) is 0 Å². The highest BCUT2D eigenvalue weighted by atomic mass is 32.2. The van der Waals surface area contributed by atoms with Crippen LogP contribution in [-0.2, 0) is 0 Å². The molecule has 1 N–H and O–H groups in total. The predicted octanol–water partition coefficient (Wildman–Crippen LogP) is 3.05. The molecule has 1 heterocycles. The van der Waals surface area contributed by atoms with Gasteiger partial charge in [-0.1, -0.05) is 38.5 Å². The van der Waals surface area contributed by atoms with Crippen LogP contribution in [-0.4, -0.2) is 38.5 Å². The molecule has 1 aromatic rings. The fraction of sp³-hybridized carbons (Fsp3) is 0.933. The zero-order valence-electron chi connectivity index (χ0n) is 13.4. The second-order valence-corrected chi connectivity index (χ2v) is 8.51. The predicted molar refractivity (Wildman–Crippen MR) is 85.4 cm³/mol. The summed E-state index contributed by atoms with van der Waals surface area (Å²) in [4.78, 5) is 0. The van der Waals surface area contributed by atoms with Gasteiger partial charge in [0, 0.05) is 11.3 Å². The van der Waals surface area contributed by atoms with E-state index in [1.807, 2.05) is 11.8 Å². The van der Waals surface area contributed by atoms with Crippen molar-refractivity contribution in [3.63, 3.8) is 0 Å². The van der Waals surface area contributed by atoms with E-state index in [1.165, 1.54) is 44.9 Å². The molecular formula is C15H27N5S. The largest absolute Gasteiger partial charge is 0.316 e. The normalized spacial score (nSPS) is 29.9. The van der Waals surface area contributed by atoms with E-state index >= 15 is 0 Å². The molecule has 0 amide bonds. The fourth-order valence-corrected chi connectivity index (χ4v) is 5.37. The maximum absolute atomic E-state index is 4.31. The number of thioether (sulfide) groups is 1. The minimum atomic E-state index is 0.427. The zero-order chi connectivity index (χ0) is 14.9. The van der Waals surface area contributed by atoms with Crippen molar-refractivity contribution in [2.24, 2.45) is 5.41 Å². The van der Waals surface area contributed by atoms with E-state index in [1.54, 1.807) is 0 Å². The van der Waals surface area contributed by atoms with Crippen LogP contribution in [0.1, 0.15) is 64.8 Å². The average molecular weight is 309 g/mol. The van der Waals surface area contributed by atoms with Gasteiger partial charge in [-0.3, -0.25) is 0 Å². The Bertz CT molecular complexity index is 466. The Morgan fingerprint density at radius 3 is 2.71 bits per heavy atom. The van der Waals surface area contributed by atoms with Crippen LogP contribution >= 0.6 is 11.8 Å². The summed E-state index contributed by atoms with van der Waals surface area (Å²) in [7, 11) is 2.08. The summed E-state index contributed by atoms with van der Waals surface area (Å²) in [5.74, 6) is 0. The summed E-state index contributed by atoms with van der Waals surface area (Å²) in [6.45, 7) is 4.76. The molecule has 0 aliphatic heterocycles. The lowest BCUT2D eigenvalue weighted by molar-refractivity contribution is 0.218. The van der Waals surface area contributed by atoms with E-state index in [2.05, 4.69) is 46.4 Å². The number of tetrazole rings is 1. The number of rotatable bonds is 4. The van der Waals surface area contributed by atoms with Crippen molar-refractivity contribution >= 4 is 11.8 Å². The van der Waals surface area contributed by atoms with Crippen LogP contribution in [0.2, 0.25) is 0 Å². The first kappa shape index (κ1) is 15.3. The quantitative estimate of drug-likeness (QED) is 0.926. The molecule has 3 rings (SSSR count). The molecule has 21 heavy (non-hydrogen) atoms. The third-order valence-electron chi connectivity index (χ3n) is 5.10. The molecule has 0 spiro atoms. The molecule has 0 radical (unpaired) electrons. The van der Waals surface area contributed by atoms with Gasteiger partial charge in [0.05, 0.1) is 6.04 Å². The number of nitrogens with one attached hydrogen (secondary N) is 1. The van der Waals surface area contributed by atoms with Gasteiger partial charge in [0.15, 0.2) is 0 Å². The van der Waals surface area contributed by atoms with Gasteiger partial charge in [-0.2, -0.15) is 0 Å². The molecule has 0 saturated heterocycles. The Hall–Kier alpha value is -0.620. The molecule has 2 aliphatic rings. The fourth-order valence-electron chi connectivity index (χ4n) is 3.75. The van der Waals surface area contributed by atoms with Gasteiger partial charge in [-0.15, -0.1) is 5.10 Å². The second-order valence-electron chi connectivity index (χ2n) is 7.30.